The summed E-state index contributed by atoms with van der Waals surface area (Å²) in [6.07, 6.45) is 3.81. The molecule has 4 aromatic rings. The van der Waals surface area contributed by atoms with Crippen molar-refractivity contribution in [1.82, 2.24) is 19.5 Å². The number of rotatable bonds is 7. The first-order valence-electron chi connectivity index (χ1n) is 9.79. The molecule has 158 valence electrons. The number of carbonyl (C=O) groups is 1. The molecule has 0 atom stereocenters. The molecule has 1 N–H and O–H groups in total. The van der Waals surface area contributed by atoms with Crippen LogP contribution in [0, 0.1) is 13.8 Å². The van der Waals surface area contributed by atoms with Crippen molar-refractivity contribution in [3.8, 4) is 17.1 Å². The number of para-hydroxylation sites is 1. The van der Waals surface area contributed by atoms with Crippen LogP contribution in [0.5, 0.6) is 5.75 Å². The van der Waals surface area contributed by atoms with E-state index in [1.807, 2.05) is 90.2 Å². The highest BCUT2D eigenvalue weighted by atomic mass is 32.2. The van der Waals surface area contributed by atoms with Crippen LogP contribution in [0.25, 0.3) is 11.4 Å². The van der Waals surface area contributed by atoms with Crippen LogP contribution < -0.4 is 10.1 Å². The lowest BCUT2D eigenvalue weighted by atomic mass is 10.1. The van der Waals surface area contributed by atoms with E-state index in [0.29, 0.717) is 16.7 Å². The van der Waals surface area contributed by atoms with Crippen LogP contribution in [-0.2, 0) is 4.79 Å². The topological polar surface area (TPSA) is 74.0 Å². The van der Waals surface area contributed by atoms with Crippen molar-refractivity contribution in [2.45, 2.75) is 19.0 Å². The molecule has 0 fully saturated rings. The molecule has 0 bridgehead atoms. The summed E-state index contributed by atoms with van der Waals surface area (Å²) in [6.45, 7) is 4.01. The Morgan fingerprint density at radius 3 is 2.58 bits per heavy atom. The molecule has 0 radical (unpaired) electrons. The summed E-state index contributed by atoms with van der Waals surface area (Å²) in [4.78, 5) is 12.6. The summed E-state index contributed by atoms with van der Waals surface area (Å²) in [7, 11) is 1.63. The third-order valence-corrected chi connectivity index (χ3v) is 5.69. The maximum Gasteiger partial charge on any atom is 0.234 e. The van der Waals surface area contributed by atoms with Gasteiger partial charge in [-0.1, -0.05) is 41.6 Å². The average molecular weight is 434 g/mol. The Kier molecular flexibility index (Phi) is 6.08. The van der Waals surface area contributed by atoms with Gasteiger partial charge >= 0.3 is 0 Å². The zero-order chi connectivity index (χ0) is 21.8. The first-order chi connectivity index (χ1) is 15.1. The van der Waals surface area contributed by atoms with Crippen molar-refractivity contribution in [2.75, 3.05) is 18.2 Å². The standard InChI is InChI=1S/C23H23N5O2S/c1-16-10-11-19(17(2)14-16)24-21(29)15-31-23-26-25-22(28(23)27-12-6-7-13-27)18-8-4-5-9-20(18)30-3/h4-14H,15H2,1-3H3,(H,24,29). The lowest BCUT2D eigenvalue weighted by molar-refractivity contribution is -0.113. The molecule has 2 aromatic carbocycles. The summed E-state index contributed by atoms with van der Waals surface area (Å²) in [5.41, 5.74) is 3.83. The fourth-order valence-corrected chi connectivity index (χ4v) is 4.02. The molecule has 7 nitrogen and oxygen atoms in total. The Labute approximate surface area is 185 Å². The third-order valence-electron chi connectivity index (χ3n) is 4.77. The van der Waals surface area contributed by atoms with Crippen LogP contribution in [0.2, 0.25) is 0 Å². The largest absolute Gasteiger partial charge is 0.496 e. The number of nitrogens with one attached hydrogen (secondary N) is 1. The second kappa shape index (κ2) is 9.09. The Hall–Kier alpha value is -3.52. The average Bonchev–Trinajstić information content (AvgIpc) is 3.43. The number of anilines is 1. The van der Waals surface area contributed by atoms with Crippen LogP contribution in [-0.4, -0.2) is 38.3 Å². The number of hydrogen-bond acceptors (Lipinski definition) is 5. The first kappa shape index (κ1) is 20.7. The normalized spacial score (nSPS) is 10.8. The van der Waals surface area contributed by atoms with E-state index in [0.717, 1.165) is 22.4 Å². The summed E-state index contributed by atoms with van der Waals surface area (Å²) < 4.78 is 9.25. The van der Waals surface area contributed by atoms with Gasteiger partial charge in [-0.2, -0.15) is 0 Å². The Morgan fingerprint density at radius 1 is 1.06 bits per heavy atom. The van der Waals surface area contributed by atoms with E-state index >= 15 is 0 Å². The van der Waals surface area contributed by atoms with Crippen molar-refractivity contribution < 1.29 is 9.53 Å². The highest BCUT2D eigenvalue weighted by molar-refractivity contribution is 7.99. The molecule has 0 aliphatic carbocycles. The zero-order valence-electron chi connectivity index (χ0n) is 17.6. The van der Waals surface area contributed by atoms with Gasteiger partial charge in [0, 0.05) is 18.1 Å². The van der Waals surface area contributed by atoms with Gasteiger partial charge in [0.05, 0.1) is 18.4 Å². The van der Waals surface area contributed by atoms with E-state index in [2.05, 4.69) is 15.5 Å². The van der Waals surface area contributed by atoms with Crippen LogP contribution in [0.3, 0.4) is 0 Å². The number of aryl methyl sites for hydroxylation is 2. The molecule has 31 heavy (non-hydrogen) atoms. The molecule has 2 aromatic heterocycles. The highest BCUT2D eigenvalue weighted by Crippen LogP contribution is 2.31. The molecule has 4 rings (SSSR count). The molecule has 0 unspecified atom stereocenters. The Morgan fingerprint density at radius 2 is 1.84 bits per heavy atom. The minimum atomic E-state index is -0.0992. The van der Waals surface area contributed by atoms with Gasteiger partial charge in [0.25, 0.3) is 0 Å². The minimum absolute atomic E-state index is 0.0992. The molecule has 0 spiro atoms. The number of carbonyl (C=O) groups excluding carboxylic acids is 1. The van der Waals surface area contributed by atoms with E-state index in [4.69, 9.17) is 4.74 Å². The maximum absolute atomic E-state index is 12.6. The van der Waals surface area contributed by atoms with Crippen LogP contribution in [0.1, 0.15) is 11.1 Å². The van der Waals surface area contributed by atoms with Crippen LogP contribution in [0.4, 0.5) is 5.69 Å². The second-order valence-corrected chi connectivity index (χ2v) is 7.98. The smallest absolute Gasteiger partial charge is 0.234 e. The van der Waals surface area contributed by atoms with E-state index in [1.165, 1.54) is 11.8 Å². The van der Waals surface area contributed by atoms with E-state index in [9.17, 15) is 4.79 Å². The predicted octanol–water partition coefficient (Wildman–Crippen LogP) is 4.41. The first-order valence-corrected chi connectivity index (χ1v) is 10.8. The zero-order valence-corrected chi connectivity index (χ0v) is 18.4. The number of thioether (sulfide) groups is 1. The van der Waals surface area contributed by atoms with Gasteiger partial charge < -0.3 is 10.1 Å². The van der Waals surface area contributed by atoms with Crippen molar-refractivity contribution in [1.29, 1.82) is 0 Å². The fraction of sp³-hybridized carbons (Fsp3) is 0.174. The number of ether oxygens (including phenoxy) is 1. The summed E-state index contributed by atoms with van der Waals surface area (Å²) in [5, 5.41) is 12.3. The molecule has 0 aliphatic rings. The van der Waals surface area contributed by atoms with Crippen molar-refractivity contribution in [3.05, 3.63) is 78.1 Å². The van der Waals surface area contributed by atoms with E-state index < -0.39 is 0 Å². The SMILES string of the molecule is COc1ccccc1-c1nnc(SCC(=O)Nc2ccc(C)cc2C)n1-n1cccc1. The molecule has 8 heteroatoms. The molecular weight excluding hydrogens is 410 g/mol. The maximum atomic E-state index is 12.6. The van der Waals surface area contributed by atoms with Gasteiger partial charge in [0.15, 0.2) is 5.82 Å². The van der Waals surface area contributed by atoms with Gasteiger partial charge in [0.1, 0.15) is 5.75 Å². The van der Waals surface area contributed by atoms with Gasteiger partial charge in [-0.05, 0) is 49.7 Å². The lowest BCUT2D eigenvalue weighted by Crippen LogP contribution is -2.16. The number of benzene rings is 2. The number of nitrogens with zero attached hydrogens (tertiary/aromatic N) is 4. The molecular formula is C23H23N5O2S. The van der Waals surface area contributed by atoms with Gasteiger partial charge in [-0.25, -0.2) is 4.68 Å². The number of methoxy groups -OCH3 is 1. The second-order valence-electron chi connectivity index (χ2n) is 7.04. The Bertz CT molecular complexity index is 1200. The summed E-state index contributed by atoms with van der Waals surface area (Å²) >= 11 is 1.33. The quantitative estimate of drug-likeness (QED) is 0.437. The molecule has 0 saturated carbocycles. The minimum Gasteiger partial charge on any atom is -0.496 e. The van der Waals surface area contributed by atoms with Crippen LogP contribution in [0.15, 0.2) is 72.1 Å². The fourth-order valence-electron chi connectivity index (χ4n) is 3.29. The van der Waals surface area contributed by atoms with Crippen molar-refractivity contribution in [2.24, 2.45) is 0 Å². The number of hydrogen-bond donors (Lipinski definition) is 1. The van der Waals surface area contributed by atoms with Gasteiger partial charge in [-0.3, -0.25) is 9.47 Å². The van der Waals surface area contributed by atoms with Crippen molar-refractivity contribution in [3.63, 3.8) is 0 Å². The van der Waals surface area contributed by atoms with Crippen LogP contribution >= 0.6 is 11.8 Å². The number of amides is 1. The predicted molar refractivity (Wildman–Crippen MR) is 123 cm³/mol. The molecule has 2 heterocycles. The monoisotopic (exact) mass is 433 g/mol. The van der Waals surface area contributed by atoms with Gasteiger partial charge in [-0.15, -0.1) is 10.2 Å². The highest BCUT2D eigenvalue weighted by Gasteiger charge is 2.19. The summed E-state index contributed by atoms with van der Waals surface area (Å²) in [6, 6.07) is 17.5. The van der Waals surface area contributed by atoms with Gasteiger partial charge in [0.2, 0.25) is 11.1 Å². The Balaban J connectivity index is 1.59. The van der Waals surface area contributed by atoms with Crippen molar-refractivity contribution >= 4 is 23.4 Å². The van der Waals surface area contributed by atoms with E-state index in [1.54, 1.807) is 7.11 Å². The van der Waals surface area contributed by atoms with E-state index in [-0.39, 0.29) is 11.7 Å². The molecule has 1 amide bonds. The molecule has 0 saturated heterocycles. The third kappa shape index (κ3) is 4.49. The summed E-state index contributed by atoms with van der Waals surface area (Å²) in [5.74, 6) is 1.44. The number of aromatic nitrogens is 4. The molecule has 0 aliphatic heterocycles. The lowest BCUT2D eigenvalue weighted by Gasteiger charge is -2.13.